The number of anilines is 1. The molecule has 0 saturated heterocycles. The molecule has 0 radical (unpaired) electrons. The van der Waals surface area contributed by atoms with Crippen molar-refractivity contribution in [2.75, 3.05) is 18.0 Å². The van der Waals surface area contributed by atoms with Gasteiger partial charge in [0.1, 0.15) is 6.29 Å². The fourth-order valence-electron chi connectivity index (χ4n) is 1.58. The third-order valence-corrected chi connectivity index (χ3v) is 2.35. The van der Waals surface area contributed by atoms with Crippen LogP contribution in [0.1, 0.15) is 18.9 Å². The fraction of sp³-hybridized carbons (Fsp3) is 0.417. The van der Waals surface area contributed by atoms with Gasteiger partial charge in [0, 0.05) is 25.2 Å². The minimum absolute atomic E-state index is 0.599. The first-order chi connectivity index (χ1) is 6.79. The van der Waals surface area contributed by atoms with Gasteiger partial charge in [0.2, 0.25) is 0 Å². The number of aldehydes is 1. The number of carbonyl (C=O) groups excluding carboxylic acids is 1. The van der Waals surface area contributed by atoms with Crippen LogP contribution in [-0.4, -0.2) is 19.4 Å². The molecular weight excluding hydrogens is 174 g/mol. The number of hydrogen-bond donors (Lipinski definition) is 0. The molecule has 0 fully saturated rings. The molecular formula is C12H17NO. The van der Waals surface area contributed by atoms with Crippen molar-refractivity contribution in [2.24, 2.45) is 0 Å². The lowest BCUT2D eigenvalue weighted by Crippen LogP contribution is -2.24. The van der Waals surface area contributed by atoms with Crippen molar-refractivity contribution in [2.45, 2.75) is 20.3 Å². The van der Waals surface area contributed by atoms with Crippen molar-refractivity contribution >= 4 is 12.0 Å². The second kappa shape index (κ2) is 5.43. The molecule has 0 aromatic heterocycles. The Morgan fingerprint density at radius 2 is 2.07 bits per heavy atom. The van der Waals surface area contributed by atoms with Gasteiger partial charge in [-0.3, -0.25) is 0 Å². The zero-order valence-corrected chi connectivity index (χ0v) is 8.86. The molecule has 0 amide bonds. The van der Waals surface area contributed by atoms with E-state index in [0.29, 0.717) is 6.42 Å². The van der Waals surface area contributed by atoms with E-state index in [0.717, 1.165) is 19.4 Å². The second-order valence-corrected chi connectivity index (χ2v) is 3.32. The quantitative estimate of drug-likeness (QED) is 0.666. The highest BCUT2D eigenvalue weighted by atomic mass is 16.1. The first-order valence-corrected chi connectivity index (χ1v) is 5.03. The average Bonchev–Trinajstić information content (AvgIpc) is 2.21. The SMILES string of the molecule is CCN(CCC=O)c1ccccc1C. The van der Waals surface area contributed by atoms with E-state index in [2.05, 4.69) is 30.9 Å². The minimum Gasteiger partial charge on any atom is -0.371 e. The molecule has 0 atom stereocenters. The summed E-state index contributed by atoms with van der Waals surface area (Å²) in [5.41, 5.74) is 2.50. The van der Waals surface area contributed by atoms with Crippen LogP contribution in [0.5, 0.6) is 0 Å². The second-order valence-electron chi connectivity index (χ2n) is 3.32. The molecule has 0 spiro atoms. The maximum absolute atomic E-state index is 10.3. The van der Waals surface area contributed by atoms with Gasteiger partial charge in [-0.1, -0.05) is 18.2 Å². The molecule has 2 nitrogen and oxygen atoms in total. The Labute approximate surface area is 85.5 Å². The van der Waals surface area contributed by atoms with E-state index in [1.54, 1.807) is 0 Å². The van der Waals surface area contributed by atoms with Gasteiger partial charge in [-0.15, -0.1) is 0 Å². The number of para-hydroxylation sites is 1. The summed E-state index contributed by atoms with van der Waals surface area (Å²) in [5, 5.41) is 0. The van der Waals surface area contributed by atoms with Crippen LogP contribution < -0.4 is 4.90 Å². The van der Waals surface area contributed by atoms with Crippen molar-refractivity contribution in [3.8, 4) is 0 Å². The fourth-order valence-corrected chi connectivity index (χ4v) is 1.58. The lowest BCUT2D eigenvalue weighted by Gasteiger charge is -2.23. The van der Waals surface area contributed by atoms with Crippen LogP contribution in [0.15, 0.2) is 24.3 Å². The van der Waals surface area contributed by atoms with Crippen LogP contribution in [0.4, 0.5) is 5.69 Å². The number of benzene rings is 1. The Bertz CT molecular complexity index is 296. The highest BCUT2D eigenvalue weighted by molar-refractivity contribution is 5.55. The summed E-state index contributed by atoms with van der Waals surface area (Å²) in [5.74, 6) is 0. The Hall–Kier alpha value is -1.31. The maximum atomic E-state index is 10.3. The largest absolute Gasteiger partial charge is 0.371 e. The van der Waals surface area contributed by atoms with Gasteiger partial charge >= 0.3 is 0 Å². The van der Waals surface area contributed by atoms with Crippen LogP contribution >= 0.6 is 0 Å². The average molecular weight is 191 g/mol. The van der Waals surface area contributed by atoms with Crippen molar-refractivity contribution in [3.05, 3.63) is 29.8 Å². The van der Waals surface area contributed by atoms with Gasteiger partial charge in [-0.2, -0.15) is 0 Å². The Kier molecular flexibility index (Phi) is 4.17. The lowest BCUT2D eigenvalue weighted by molar-refractivity contribution is -0.107. The topological polar surface area (TPSA) is 20.3 Å². The van der Waals surface area contributed by atoms with Crippen LogP contribution in [0.2, 0.25) is 0 Å². The zero-order valence-electron chi connectivity index (χ0n) is 8.86. The smallest absolute Gasteiger partial charge is 0.121 e. The Morgan fingerprint density at radius 3 is 2.64 bits per heavy atom. The number of nitrogens with zero attached hydrogens (tertiary/aromatic N) is 1. The lowest BCUT2D eigenvalue weighted by atomic mass is 10.2. The van der Waals surface area contributed by atoms with Crippen molar-refractivity contribution in [3.63, 3.8) is 0 Å². The van der Waals surface area contributed by atoms with Gasteiger partial charge in [0.25, 0.3) is 0 Å². The summed E-state index contributed by atoms with van der Waals surface area (Å²) in [6.07, 6.45) is 1.57. The molecule has 0 bridgehead atoms. The molecule has 0 aliphatic carbocycles. The summed E-state index contributed by atoms with van der Waals surface area (Å²) >= 11 is 0. The van der Waals surface area contributed by atoms with Crippen LogP contribution in [0.25, 0.3) is 0 Å². The number of hydrogen-bond acceptors (Lipinski definition) is 2. The highest BCUT2D eigenvalue weighted by Gasteiger charge is 2.05. The van der Waals surface area contributed by atoms with E-state index in [1.807, 2.05) is 12.1 Å². The van der Waals surface area contributed by atoms with Crippen LogP contribution in [0.3, 0.4) is 0 Å². The van der Waals surface area contributed by atoms with E-state index < -0.39 is 0 Å². The van der Waals surface area contributed by atoms with Crippen molar-refractivity contribution in [1.29, 1.82) is 0 Å². The summed E-state index contributed by atoms with van der Waals surface area (Å²) in [6, 6.07) is 8.26. The minimum atomic E-state index is 0.599. The summed E-state index contributed by atoms with van der Waals surface area (Å²) < 4.78 is 0. The molecule has 1 rings (SSSR count). The van der Waals surface area contributed by atoms with Gasteiger partial charge in [-0.05, 0) is 25.5 Å². The third kappa shape index (κ3) is 2.59. The summed E-state index contributed by atoms with van der Waals surface area (Å²) in [6.45, 7) is 5.96. The monoisotopic (exact) mass is 191 g/mol. The Morgan fingerprint density at radius 1 is 1.36 bits per heavy atom. The third-order valence-electron chi connectivity index (χ3n) is 2.35. The predicted molar refractivity (Wildman–Crippen MR) is 59.7 cm³/mol. The normalized spacial score (nSPS) is 9.86. The first-order valence-electron chi connectivity index (χ1n) is 5.03. The van der Waals surface area contributed by atoms with E-state index in [4.69, 9.17) is 0 Å². The molecule has 1 aromatic carbocycles. The molecule has 0 aliphatic heterocycles. The number of carbonyl (C=O) groups is 1. The molecule has 1 aromatic rings. The van der Waals surface area contributed by atoms with Crippen molar-refractivity contribution < 1.29 is 4.79 Å². The van der Waals surface area contributed by atoms with Crippen LogP contribution in [-0.2, 0) is 4.79 Å². The standard InChI is InChI=1S/C12H17NO/c1-3-13(9-6-10-14)12-8-5-4-7-11(12)2/h4-5,7-8,10H,3,6,9H2,1-2H3. The molecule has 0 heterocycles. The number of rotatable bonds is 5. The molecule has 14 heavy (non-hydrogen) atoms. The molecule has 0 N–H and O–H groups in total. The van der Waals surface area contributed by atoms with E-state index in [-0.39, 0.29) is 0 Å². The number of aryl methyl sites for hydroxylation is 1. The van der Waals surface area contributed by atoms with Gasteiger partial charge in [0.15, 0.2) is 0 Å². The molecule has 0 unspecified atom stereocenters. The van der Waals surface area contributed by atoms with Crippen molar-refractivity contribution in [1.82, 2.24) is 0 Å². The van der Waals surface area contributed by atoms with E-state index >= 15 is 0 Å². The maximum Gasteiger partial charge on any atom is 0.121 e. The molecule has 76 valence electrons. The Balaban J connectivity index is 2.78. The van der Waals surface area contributed by atoms with Crippen LogP contribution in [0, 0.1) is 6.92 Å². The van der Waals surface area contributed by atoms with Gasteiger partial charge in [0.05, 0.1) is 0 Å². The predicted octanol–water partition coefficient (Wildman–Crippen LogP) is 2.41. The van der Waals surface area contributed by atoms with Gasteiger partial charge in [-0.25, -0.2) is 0 Å². The summed E-state index contributed by atoms with van der Waals surface area (Å²) in [4.78, 5) is 12.5. The molecule has 0 aliphatic rings. The zero-order chi connectivity index (χ0) is 10.4. The van der Waals surface area contributed by atoms with Gasteiger partial charge < -0.3 is 9.69 Å². The molecule has 0 saturated carbocycles. The first kappa shape index (κ1) is 10.8. The highest BCUT2D eigenvalue weighted by Crippen LogP contribution is 2.18. The van der Waals surface area contributed by atoms with E-state index in [1.165, 1.54) is 11.3 Å². The summed E-state index contributed by atoms with van der Waals surface area (Å²) in [7, 11) is 0. The molecule has 2 heteroatoms. The van der Waals surface area contributed by atoms with E-state index in [9.17, 15) is 4.79 Å².